The van der Waals surface area contributed by atoms with Gasteiger partial charge in [-0.3, -0.25) is 0 Å². The Kier molecular flexibility index (Phi) is 1.85. The van der Waals surface area contributed by atoms with Crippen LogP contribution in [0.3, 0.4) is 0 Å². The van der Waals surface area contributed by atoms with E-state index >= 15 is 0 Å². The van der Waals surface area contributed by atoms with Crippen LogP contribution in [0, 0.1) is 11.3 Å². The Bertz CT molecular complexity index is 455. The molecule has 0 atom stereocenters. The van der Waals surface area contributed by atoms with Crippen LogP contribution in [0.5, 0.6) is 5.75 Å². The van der Waals surface area contributed by atoms with Crippen molar-refractivity contribution in [2.45, 2.75) is 0 Å². The molecule has 0 unspecified atom stereocenters. The van der Waals surface area contributed by atoms with Crippen molar-refractivity contribution in [1.82, 2.24) is 9.97 Å². The second-order valence-corrected chi connectivity index (χ2v) is 2.50. The van der Waals surface area contributed by atoms with E-state index in [1.54, 1.807) is 12.4 Å². The number of aromatic amines is 1. The number of benzene rings is 1. The molecule has 0 saturated carbocycles. The van der Waals surface area contributed by atoms with Gasteiger partial charge >= 0.3 is 0 Å². The van der Waals surface area contributed by atoms with E-state index in [-0.39, 0.29) is 6.61 Å². The van der Waals surface area contributed by atoms with E-state index in [4.69, 9.17) is 10.00 Å². The van der Waals surface area contributed by atoms with E-state index in [1.165, 1.54) is 0 Å². The summed E-state index contributed by atoms with van der Waals surface area (Å²) in [5.41, 5.74) is 1.67. The van der Waals surface area contributed by atoms with E-state index in [2.05, 4.69) is 9.97 Å². The summed E-state index contributed by atoms with van der Waals surface area (Å²) in [5, 5.41) is 8.35. The lowest BCUT2D eigenvalue weighted by atomic mass is 10.3. The maximum Gasteiger partial charge on any atom is 0.174 e. The molecular formula is C9H7N3O. The molecule has 2 rings (SSSR count). The van der Waals surface area contributed by atoms with Crippen LogP contribution in [0.2, 0.25) is 0 Å². The highest BCUT2D eigenvalue weighted by Gasteiger charge is 2.02. The van der Waals surface area contributed by atoms with Crippen molar-refractivity contribution in [2.24, 2.45) is 0 Å². The molecule has 1 N–H and O–H groups in total. The number of hydrogen-bond donors (Lipinski definition) is 1. The van der Waals surface area contributed by atoms with Crippen LogP contribution in [0.1, 0.15) is 0 Å². The van der Waals surface area contributed by atoms with Gasteiger partial charge in [0.05, 0.1) is 11.8 Å². The molecule has 0 saturated heterocycles. The highest BCUT2D eigenvalue weighted by atomic mass is 16.5. The first-order valence-electron chi connectivity index (χ1n) is 3.83. The molecule has 0 bridgehead atoms. The molecule has 4 heteroatoms. The minimum absolute atomic E-state index is 0.0476. The van der Waals surface area contributed by atoms with Gasteiger partial charge in [-0.05, 0) is 12.1 Å². The summed E-state index contributed by atoms with van der Waals surface area (Å²) in [7, 11) is 0. The summed E-state index contributed by atoms with van der Waals surface area (Å²) >= 11 is 0. The summed E-state index contributed by atoms with van der Waals surface area (Å²) in [5.74, 6) is 0.639. The predicted octanol–water partition coefficient (Wildman–Crippen LogP) is 1.47. The summed E-state index contributed by atoms with van der Waals surface area (Å²) in [4.78, 5) is 7.04. The maximum atomic E-state index is 8.35. The van der Waals surface area contributed by atoms with Gasteiger partial charge in [-0.15, -0.1) is 0 Å². The number of nitrogens with one attached hydrogen (secondary N) is 1. The number of ether oxygens (including phenoxy) is 1. The molecule has 0 spiro atoms. The number of nitrogens with zero attached hydrogens (tertiary/aromatic N) is 2. The molecule has 0 aliphatic rings. The van der Waals surface area contributed by atoms with Crippen molar-refractivity contribution < 1.29 is 4.74 Å². The van der Waals surface area contributed by atoms with Crippen LogP contribution in [0.15, 0.2) is 24.5 Å². The monoisotopic (exact) mass is 173 g/mol. The number of aromatic nitrogens is 2. The average Bonchev–Trinajstić information content (AvgIpc) is 2.62. The number of H-pyrrole nitrogens is 1. The molecule has 1 heterocycles. The normalized spacial score (nSPS) is 9.77. The highest BCUT2D eigenvalue weighted by molar-refractivity contribution is 5.81. The van der Waals surface area contributed by atoms with Gasteiger partial charge in [0, 0.05) is 0 Å². The summed E-state index contributed by atoms with van der Waals surface area (Å²) in [6, 6.07) is 7.46. The largest absolute Gasteiger partial charge is 0.476 e. The van der Waals surface area contributed by atoms with Crippen LogP contribution in [0.25, 0.3) is 11.0 Å². The Morgan fingerprint density at radius 2 is 2.46 bits per heavy atom. The number of nitriles is 1. The third-order valence-electron chi connectivity index (χ3n) is 1.70. The summed E-state index contributed by atoms with van der Waals surface area (Å²) in [6.07, 6.45) is 1.60. The Hall–Kier alpha value is -2.02. The average molecular weight is 173 g/mol. The van der Waals surface area contributed by atoms with Crippen LogP contribution < -0.4 is 4.74 Å². The fourth-order valence-electron chi connectivity index (χ4n) is 1.16. The zero-order valence-electron chi connectivity index (χ0n) is 6.82. The molecule has 0 amide bonds. The molecule has 0 fully saturated rings. The van der Waals surface area contributed by atoms with Gasteiger partial charge in [-0.1, -0.05) is 6.07 Å². The predicted molar refractivity (Wildman–Crippen MR) is 47.2 cm³/mol. The molecule has 1 aromatic heterocycles. The third-order valence-corrected chi connectivity index (χ3v) is 1.70. The van der Waals surface area contributed by atoms with Crippen LogP contribution in [-0.4, -0.2) is 16.6 Å². The molecule has 0 radical (unpaired) electrons. The number of imidazole rings is 1. The van der Waals surface area contributed by atoms with E-state index in [1.807, 2.05) is 18.2 Å². The van der Waals surface area contributed by atoms with Gasteiger partial charge in [-0.25, -0.2) is 4.98 Å². The molecule has 0 aliphatic heterocycles. The molecule has 2 aromatic rings. The Morgan fingerprint density at radius 1 is 1.54 bits per heavy atom. The first-order valence-corrected chi connectivity index (χ1v) is 3.83. The zero-order valence-corrected chi connectivity index (χ0v) is 6.82. The lowest BCUT2D eigenvalue weighted by Gasteiger charge is -2.00. The third kappa shape index (κ3) is 1.32. The number of para-hydroxylation sites is 1. The van der Waals surface area contributed by atoms with Crippen molar-refractivity contribution in [3.63, 3.8) is 0 Å². The SMILES string of the molecule is N#CCOc1cccc2[nH]cnc12. The first-order chi connectivity index (χ1) is 6.42. The molecule has 13 heavy (non-hydrogen) atoms. The van der Waals surface area contributed by atoms with E-state index in [0.717, 1.165) is 11.0 Å². The van der Waals surface area contributed by atoms with Gasteiger partial charge in [0.2, 0.25) is 0 Å². The molecular weight excluding hydrogens is 166 g/mol. The van der Waals surface area contributed by atoms with Gasteiger partial charge in [0.15, 0.2) is 6.61 Å². The first kappa shape index (κ1) is 7.62. The van der Waals surface area contributed by atoms with Crippen LogP contribution in [0.4, 0.5) is 0 Å². The number of rotatable bonds is 2. The molecule has 1 aromatic carbocycles. The second kappa shape index (κ2) is 3.15. The Morgan fingerprint density at radius 3 is 3.31 bits per heavy atom. The highest BCUT2D eigenvalue weighted by Crippen LogP contribution is 2.21. The van der Waals surface area contributed by atoms with E-state index in [0.29, 0.717) is 5.75 Å². The second-order valence-electron chi connectivity index (χ2n) is 2.50. The smallest absolute Gasteiger partial charge is 0.174 e. The fourth-order valence-corrected chi connectivity index (χ4v) is 1.16. The van der Waals surface area contributed by atoms with Crippen molar-refractivity contribution >= 4 is 11.0 Å². The molecule has 64 valence electrons. The minimum Gasteiger partial charge on any atom is -0.476 e. The zero-order chi connectivity index (χ0) is 9.10. The van der Waals surface area contributed by atoms with Crippen LogP contribution >= 0.6 is 0 Å². The Labute approximate surface area is 74.8 Å². The lowest BCUT2D eigenvalue weighted by Crippen LogP contribution is -1.93. The van der Waals surface area contributed by atoms with Gasteiger partial charge < -0.3 is 9.72 Å². The van der Waals surface area contributed by atoms with Gasteiger partial charge in [-0.2, -0.15) is 5.26 Å². The standard InChI is InChI=1S/C9H7N3O/c10-4-5-13-8-3-1-2-7-9(8)12-6-11-7/h1-3,6H,5H2,(H,11,12). The number of fused-ring (bicyclic) bond motifs is 1. The Balaban J connectivity index is 2.44. The molecule has 0 aliphatic carbocycles. The van der Waals surface area contributed by atoms with Crippen molar-refractivity contribution in [3.05, 3.63) is 24.5 Å². The van der Waals surface area contributed by atoms with Crippen molar-refractivity contribution in [1.29, 1.82) is 5.26 Å². The van der Waals surface area contributed by atoms with Crippen molar-refractivity contribution in [2.75, 3.05) is 6.61 Å². The number of hydrogen-bond acceptors (Lipinski definition) is 3. The summed E-state index contributed by atoms with van der Waals surface area (Å²) < 4.78 is 5.18. The minimum atomic E-state index is 0.0476. The quantitative estimate of drug-likeness (QED) is 0.747. The van der Waals surface area contributed by atoms with Crippen LogP contribution in [-0.2, 0) is 0 Å². The van der Waals surface area contributed by atoms with Gasteiger partial charge in [0.1, 0.15) is 17.3 Å². The lowest BCUT2D eigenvalue weighted by molar-refractivity contribution is 0.372. The van der Waals surface area contributed by atoms with Crippen molar-refractivity contribution in [3.8, 4) is 11.8 Å². The van der Waals surface area contributed by atoms with Gasteiger partial charge in [0.25, 0.3) is 0 Å². The van der Waals surface area contributed by atoms with E-state index in [9.17, 15) is 0 Å². The maximum absolute atomic E-state index is 8.35. The fraction of sp³-hybridized carbons (Fsp3) is 0.111. The topological polar surface area (TPSA) is 61.7 Å². The molecule has 4 nitrogen and oxygen atoms in total. The van der Waals surface area contributed by atoms with E-state index < -0.39 is 0 Å². The summed E-state index contributed by atoms with van der Waals surface area (Å²) in [6.45, 7) is 0.0476.